The summed E-state index contributed by atoms with van der Waals surface area (Å²) in [5.41, 5.74) is 1.34. The highest BCUT2D eigenvalue weighted by Gasteiger charge is 2.26. The summed E-state index contributed by atoms with van der Waals surface area (Å²) < 4.78 is 51.7. The van der Waals surface area contributed by atoms with Crippen LogP contribution in [0.4, 0.5) is 5.82 Å². The Balaban J connectivity index is 1.83. The number of aliphatic hydroxyl groups is 1. The Bertz CT molecular complexity index is 1560. The van der Waals surface area contributed by atoms with Crippen LogP contribution in [-0.4, -0.2) is 60.9 Å². The van der Waals surface area contributed by atoms with E-state index in [0.29, 0.717) is 11.3 Å². The Labute approximate surface area is 232 Å². The van der Waals surface area contributed by atoms with Gasteiger partial charge in [0.25, 0.3) is 15.9 Å². The molecule has 40 heavy (non-hydrogen) atoms. The molecule has 3 aromatic heterocycles. The van der Waals surface area contributed by atoms with Crippen LogP contribution >= 0.6 is 0 Å². The molecule has 4 aromatic rings. The second kappa shape index (κ2) is 12.6. The number of aromatic nitrogens is 4. The second-order valence-corrected chi connectivity index (χ2v) is 10.3. The van der Waals surface area contributed by atoms with Gasteiger partial charge in [0.05, 0.1) is 20.8 Å². The van der Waals surface area contributed by atoms with Gasteiger partial charge in [-0.05, 0) is 35.7 Å². The van der Waals surface area contributed by atoms with Crippen molar-refractivity contribution in [1.82, 2.24) is 19.9 Å². The Morgan fingerprint density at radius 1 is 0.975 bits per heavy atom. The van der Waals surface area contributed by atoms with E-state index in [-0.39, 0.29) is 59.1 Å². The number of nitrogens with one attached hydrogen (secondary N) is 1. The minimum atomic E-state index is -4.21. The molecule has 0 bridgehead atoms. The number of hydrogen-bond donors (Lipinski definition) is 2. The number of pyridine rings is 2. The number of methoxy groups -OCH3 is 2. The smallest absolute Gasteiger partial charge is 0.280 e. The van der Waals surface area contributed by atoms with Crippen LogP contribution in [-0.2, 0) is 10.0 Å². The number of ether oxygens (including phenoxy) is 4. The van der Waals surface area contributed by atoms with Crippen molar-refractivity contribution in [3.05, 3.63) is 66.5 Å². The molecule has 0 aliphatic carbocycles. The van der Waals surface area contributed by atoms with Crippen molar-refractivity contribution >= 4 is 15.8 Å². The third kappa shape index (κ3) is 6.55. The molecule has 0 saturated heterocycles. The average Bonchev–Trinajstić information content (AvgIpc) is 2.97. The van der Waals surface area contributed by atoms with Crippen LogP contribution in [0, 0.1) is 0 Å². The van der Waals surface area contributed by atoms with Gasteiger partial charge < -0.3 is 24.1 Å². The number of anilines is 1. The predicted octanol–water partition coefficient (Wildman–Crippen LogP) is 4.04. The summed E-state index contributed by atoms with van der Waals surface area (Å²) in [6, 6.07) is 13.1. The zero-order chi connectivity index (χ0) is 28.7. The first kappa shape index (κ1) is 28.5. The van der Waals surface area contributed by atoms with Gasteiger partial charge in [0.1, 0.15) is 6.61 Å². The molecule has 2 N–H and O–H groups in total. The van der Waals surface area contributed by atoms with E-state index in [2.05, 4.69) is 24.7 Å². The molecule has 0 aliphatic rings. The van der Waals surface area contributed by atoms with Crippen LogP contribution in [0.1, 0.15) is 25.3 Å². The SMILES string of the molecule is COc1ccccc1Oc1c(NS(=O)(=O)c2ccc(C(C)C)cn2)nc(-c2ccnc(OCCO)c2)nc1OC. The molecule has 4 rings (SSSR count). The van der Waals surface area contributed by atoms with E-state index in [1.807, 2.05) is 13.8 Å². The lowest BCUT2D eigenvalue weighted by atomic mass is 10.1. The van der Waals surface area contributed by atoms with Gasteiger partial charge in [0.15, 0.2) is 28.2 Å². The van der Waals surface area contributed by atoms with Crippen molar-refractivity contribution in [3.63, 3.8) is 0 Å². The fraction of sp³-hybridized carbons (Fsp3) is 0.259. The summed E-state index contributed by atoms with van der Waals surface area (Å²) in [6.45, 7) is 3.82. The van der Waals surface area contributed by atoms with E-state index in [0.717, 1.165) is 5.56 Å². The van der Waals surface area contributed by atoms with E-state index in [1.165, 1.54) is 32.7 Å². The van der Waals surface area contributed by atoms with Crippen molar-refractivity contribution in [2.24, 2.45) is 0 Å². The zero-order valence-corrected chi connectivity index (χ0v) is 23.2. The lowest BCUT2D eigenvalue weighted by Crippen LogP contribution is -2.17. The van der Waals surface area contributed by atoms with Crippen molar-refractivity contribution in [3.8, 4) is 40.4 Å². The molecule has 0 aliphatic heterocycles. The maximum absolute atomic E-state index is 13.4. The molecule has 12 nitrogen and oxygen atoms in total. The van der Waals surface area contributed by atoms with Gasteiger partial charge in [0, 0.05) is 24.0 Å². The van der Waals surface area contributed by atoms with E-state index in [1.54, 1.807) is 42.5 Å². The second-order valence-electron chi connectivity index (χ2n) is 8.63. The first-order chi connectivity index (χ1) is 19.2. The molecule has 0 spiro atoms. The molecule has 3 heterocycles. The standard InChI is InChI=1S/C27H29N5O7S/c1-17(2)19-9-10-23(29-16-19)40(34,35)32-26-24(39-21-8-6-5-7-20(21)36-3)27(37-4)31-25(30-26)18-11-12-28-22(15-18)38-14-13-33/h5-12,15-17,33H,13-14H2,1-4H3,(H,30,31,32). The number of sulfonamides is 1. The van der Waals surface area contributed by atoms with Gasteiger partial charge in [-0.15, -0.1) is 0 Å². The first-order valence-electron chi connectivity index (χ1n) is 12.2. The van der Waals surface area contributed by atoms with Gasteiger partial charge in [-0.3, -0.25) is 4.72 Å². The van der Waals surface area contributed by atoms with E-state index in [4.69, 9.17) is 24.1 Å². The quantitative estimate of drug-likeness (QED) is 0.255. The Morgan fingerprint density at radius 2 is 1.75 bits per heavy atom. The first-order valence-corrected chi connectivity index (χ1v) is 13.7. The summed E-state index contributed by atoms with van der Waals surface area (Å²) in [5.74, 6) is 0.836. The maximum Gasteiger partial charge on any atom is 0.280 e. The van der Waals surface area contributed by atoms with Crippen LogP contribution in [0.2, 0.25) is 0 Å². The number of aliphatic hydroxyl groups excluding tert-OH is 1. The lowest BCUT2D eigenvalue weighted by molar-refractivity contribution is 0.197. The molecule has 0 radical (unpaired) electrons. The zero-order valence-electron chi connectivity index (χ0n) is 22.4. The van der Waals surface area contributed by atoms with Crippen LogP contribution in [0.3, 0.4) is 0 Å². The summed E-state index contributed by atoms with van der Waals surface area (Å²) in [4.78, 5) is 17.2. The summed E-state index contributed by atoms with van der Waals surface area (Å²) >= 11 is 0. The number of para-hydroxylation sites is 2. The molecular formula is C27H29N5O7S. The van der Waals surface area contributed by atoms with Gasteiger partial charge in [-0.25, -0.2) is 15.0 Å². The Hall–Kier alpha value is -4.49. The summed E-state index contributed by atoms with van der Waals surface area (Å²) in [7, 11) is -1.36. The minimum Gasteiger partial charge on any atom is -0.493 e. The molecule has 1 aromatic carbocycles. The highest BCUT2D eigenvalue weighted by Crippen LogP contribution is 2.41. The van der Waals surface area contributed by atoms with E-state index < -0.39 is 10.0 Å². The monoisotopic (exact) mass is 567 g/mol. The number of hydrogen-bond acceptors (Lipinski definition) is 11. The van der Waals surface area contributed by atoms with Gasteiger partial charge in [0.2, 0.25) is 11.6 Å². The molecule has 13 heteroatoms. The third-order valence-electron chi connectivity index (χ3n) is 5.58. The van der Waals surface area contributed by atoms with Gasteiger partial charge in [-0.2, -0.15) is 13.4 Å². The molecule has 0 atom stereocenters. The predicted molar refractivity (Wildman–Crippen MR) is 147 cm³/mol. The maximum atomic E-state index is 13.4. The minimum absolute atomic E-state index is 0.0416. The van der Waals surface area contributed by atoms with Crippen LogP contribution < -0.4 is 23.7 Å². The van der Waals surface area contributed by atoms with Crippen LogP contribution in [0.25, 0.3) is 11.4 Å². The molecule has 210 valence electrons. The molecule has 0 fully saturated rings. The van der Waals surface area contributed by atoms with Crippen LogP contribution in [0.5, 0.6) is 29.0 Å². The van der Waals surface area contributed by atoms with Crippen LogP contribution in [0.15, 0.2) is 66.0 Å². The Kier molecular flexibility index (Phi) is 8.97. The average molecular weight is 568 g/mol. The summed E-state index contributed by atoms with van der Waals surface area (Å²) in [5, 5.41) is 8.86. The molecule has 0 amide bonds. The molecule has 0 unspecified atom stereocenters. The van der Waals surface area contributed by atoms with Crippen molar-refractivity contribution in [2.75, 3.05) is 32.2 Å². The number of rotatable bonds is 12. The van der Waals surface area contributed by atoms with E-state index in [9.17, 15) is 8.42 Å². The topological polar surface area (TPSA) is 155 Å². The normalized spacial score (nSPS) is 11.2. The van der Waals surface area contributed by atoms with Gasteiger partial charge in [-0.1, -0.05) is 32.0 Å². The van der Waals surface area contributed by atoms with Crippen molar-refractivity contribution in [1.29, 1.82) is 0 Å². The number of nitrogens with zero attached hydrogens (tertiary/aromatic N) is 4. The highest BCUT2D eigenvalue weighted by atomic mass is 32.2. The molecular weight excluding hydrogens is 538 g/mol. The fourth-order valence-electron chi connectivity index (χ4n) is 3.52. The van der Waals surface area contributed by atoms with Crippen molar-refractivity contribution < 1.29 is 32.5 Å². The third-order valence-corrected chi connectivity index (χ3v) is 6.83. The molecule has 0 saturated carbocycles. The lowest BCUT2D eigenvalue weighted by Gasteiger charge is -2.17. The van der Waals surface area contributed by atoms with Gasteiger partial charge >= 0.3 is 0 Å². The largest absolute Gasteiger partial charge is 0.493 e. The highest BCUT2D eigenvalue weighted by molar-refractivity contribution is 7.92. The fourth-order valence-corrected chi connectivity index (χ4v) is 4.46. The summed E-state index contributed by atoms with van der Waals surface area (Å²) in [6.07, 6.45) is 2.99. The number of benzene rings is 1. The van der Waals surface area contributed by atoms with Crippen molar-refractivity contribution in [2.45, 2.75) is 24.8 Å². The van der Waals surface area contributed by atoms with E-state index >= 15 is 0 Å². The Morgan fingerprint density at radius 3 is 2.40 bits per heavy atom.